The molecule has 1 amide bonds. The third-order valence-corrected chi connectivity index (χ3v) is 3.39. The fourth-order valence-electron chi connectivity index (χ4n) is 1.21. The van der Waals surface area contributed by atoms with Gasteiger partial charge in [-0.05, 0) is 0 Å². The zero-order valence-electron chi connectivity index (χ0n) is 6.49. The molecule has 12 heavy (non-hydrogen) atoms. The van der Waals surface area contributed by atoms with E-state index in [1.165, 1.54) is 4.90 Å². The van der Waals surface area contributed by atoms with E-state index in [0.29, 0.717) is 32.6 Å². The molecule has 1 heterocycles. The summed E-state index contributed by atoms with van der Waals surface area (Å²) in [5.41, 5.74) is 0. The fourth-order valence-corrected chi connectivity index (χ4v) is 2.42. The Morgan fingerprint density at radius 2 is 2.50 bits per heavy atom. The second kappa shape index (κ2) is 4.17. The molecule has 1 aliphatic rings. The molecule has 0 aromatic heterocycles. The van der Waals surface area contributed by atoms with E-state index in [1.54, 1.807) is 0 Å². The fraction of sp³-hybridized carbons (Fsp3) is 0.667. The summed E-state index contributed by atoms with van der Waals surface area (Å²) in [5, 5.41) is 8.45. The zero-order valence-corrected chi connectivity index (χ0v) is 11.0. The average molecular weight is 365 g/mol. The van der Waals surface area contributed by atoms with Crippen LogP contribution in [0.15, 0.2) is 0 Å². The molecule has 0 aromatic rings. The third kappa shape index (κ3) is 2.16. The summed E-state index contributed by atoms with van der Waals surface area (Å²) in [6.45, 7) is 0.400. The van der Waals surface area contributed by atoms with Crippen molar-refractivity contribution >= 4 is 37.9 Å². The van der Waals surface area contributed by atoms with Gasteiger partial charge in [-0.15, -0.1) is 0 Å². The molecule has 2 radical (unpaired) electrons. The number of aliphatic carboxylic acids is 1. The SMILES string of the molecule is O=C(O)CN1CC[C@H]([NH][PbH])C1=O. The van der Waals surface area contributed by atoms with Crippen molar-refractivity contribution < 1.29 is 14.7 Å². The van der Waals surface area contributed by atoms with E-state index in [9.17, 15) is 9.59 Å². The van der Waals surface area contributed by atoms with Crippen LogP contribution in [0.4, 0.5) is 0 Å². The summed E-state index contributed by atoms with van der Waals surface area (Å²) in [4.78, 5) is 23.0. The summed E-state index contributed by atoms with van der Waals surface area (Å²) in [6, 6.07) is -0.116. The first-order valence-electron chi connectivity index (χ1n) is 3.62. The van der Waals surface area contributed by atoms with Gasteiger partial charge in [0.05, 0.1) is 0 Å². The summed E-state index contributed by atoms with van der Waals surface area (Å²) >= 11 is 0.578. The molecule has 0 bridgehead atoms. The maximum absolute atomic E-state index is 11.3. The number of rotatable bonds is 3. The summed E-state index contributed by atoms with van der Waals surface area (Å²) in [6.07, 6.45) is 0.739. The van der Waals surface area contributed by atoms with Crippen molar-refractivity contribution in [2.75, 3.05) is 13.1 Å². The van der Waals surface area contributed by atoms with Gasteiger partial charge >= 0.3 is 86.2 Å². The number of carbonyl (C=O) groups is 2. The van der Waals surface area contributed by atoms with Crippen LogP contribution in [0.3, 0.4) is 0 Å². The molecule has 2 N–H and O–H groups in total. The van der Waals surface area contributed by atoms with Crippen molar-refractivity contribution in [3.05, 3.63) is 0 Å². The van der Waals surface area contributed by atoms with Crippen molar-refractivity contribution in [2.45, 2.75) is 12.5 Å². The number of carbonyl (C=O) groups excluding carboxylic acids is 1. The second-order valence-electron chi connectivity index (χ2n) is 2.66. The molecule has 5 nitrogen and oxygen atoms in total. The third-order valence-electron chi connectivity index (χ3n) is 1.82. The van der Waals surface area contributed by atoms with Crippen LogP contribution in [0, 0.1) is 0 Å². The van der Waals surface area contributed by atoms with Gasteiger partial charge in [0.2, 0.25) is 0 Å². The molecule has 1 atom stereocenters. The van der Waals surface area contributed by atoms with E-state index in [2.05, 4.69) is 3.13 Å². The van der Waals surface area contributed by atoms with Crippen molar-refractivity contribution in [3.63, 3.8) is 0 Å². The van der Waals surface area contributed by atoms with Crippen LogP contribution in [0.1, 0.15) is 6.42 Å². The Kier molecular flexibility index (Phi) is 3.44. The van der Waals surface area contributed by atoms with Crippen LogP contribution in [0.2, 0.25) is 0 Å². The number of amides is 1. The van der Waals surface area contributed by atoms with Gasteiger partial charge < -0.3 is 0 Å². The molecule has 6 heteroatoms. The average Bonchev–Trinajstić information content (AvgIpc) is 2.32. The molecule has 1 aliphatic heterocycles. The van der Waals surface area contributed by atoms with E-state index in [1.807, 2.05) is 0 Å². The van der Waals surface area contributed by atoms with Gasteiger partial charge in [-0.1, -0.05) is 0 Å². The van der Waals surface area contributed by atoms with Gasteiger partial charge in [0, 0.05) is 0 Å². The minimum atomic E-state index is -0.945. The first kappa shape index (κ1) is 9.91. The summed E-state index contributed by atoms with van der Waals surface area (Å²) in [5.74, 6) is -1.01. The molecular weight excluding hydrogens is 355 g/mol. The van der Waals surface area contributed by atoms with Crippen molar-refractivity contribution in [3.8, 4) is 0 Å². The van der Waals surface area contributed by atoms with Crippen LogP contribution in [0.5, 0.6) is 0 Å². The Morgan fingerprint density at radius 1 is 1.83 bits per heavy atom. The quantitative estimate of drug-likeness (QED) is 0.572. The molecule has 0 aliphatic carbocycles. The minimum absolute atomic E-state index is 0.0695. The van der Waals surface area contributed by atoms with Gasteiger partial charge in [0.15, 0.2) is 0 Å². The number of nitrogens with zero attached hydrogens (tertiary/aromatic N) is 1. The predicted octanol–water partition coefficient (Wildman–Crippen LogP) is -1.92. The zero-order chi connectivity index (χ0) is 9.14. The maximum atomic E-state index is 11.3. The van der Waals surface area contributed by atoms with Crippen LogP contribution >= 0.6 is 0 Å². The van der Waals surface area contributed by atoms with E-state index >= 15 is 0 Å². The molecule has 0 aromatic carbocycles. The van der Waals surface area contributed by atoms with Crippen molar-refractivity contribution in [2.24, 2.45) is 0 Å². The second-order valence-corrected chi connectivity index (χ2v) is 3.96. The molecule has 1 saturated heterocycles. The van der Waals surface area contributed by atoms with E-state index in [-0.39, 0.29) is 18.5 Å². The number of carboxylic acids is 1. The van der Waals surface area contributed by atoms with Gasteiger partial charge in [-0.25, -0.2) is 0 Å². The Labute approximate surface area is 86.2 Å². The van der Waals surface area contributed by atoms with E-state index in [0.717, 1.165) is 6.42 Å². The number of hydrogen-bond acceptors (Lipinski definition) is 3. The van der Waals surface area contributed by atoms with Crippen LogP contribution in [-0.4, -0.2) is 67.1 Å². The Morgan fingerprint density at radius 3 is 2.92 bits per heavy atom. The molecular formula is C6H10N2O3Pb. The topological polar surface area (TPSA) is 69.6 Å². The van der Waals surface area contributed by atoms with Gasteiger partial charge in [0.25, 0.3) is 0 Å². The normalized spacial score (nSPS) is 23.2. The summed E-state index contributed by atoms with van der Waals surface area (Å²) in [7, 11) is 0. The van der Waals surface area contributed by atoms with Crippen LogP contribution in [-0.2, 0) is 9.59 Å². The Hall–Kier alpha value is -0.178. The molecule has 0 unspecified atom stereocenters. The van der Waals surface area contributed by atoms with Gasteiger partial charge in [0.1, 0.15) is 0 Å². The standard InChI is InChI=1S/C6H9N2O3.Pb.H/c7-4-1-2-8(6(4)11)3-5(9)10;;/h4,7H,1-3H2,(H,9,10);;/q-1;+1;/t4-;;/m0../s1. The Bertz CT molecular complexity index is 209. The number of carboxylic acid groups (broad SMARTS) is 1. The first-order chi connectivity index (χ1) is 5.65. The molecule has 66 valence electrons. The summed E-state index contributed by atoms with van der Waals surface area (Å²) < 4.78 is 3.00. The van der Waals surface area contributed by atoms with Crippen molar-refractivity contribution in [1.82, 2.24) is 8.03 Å². The van der Waals surface area contributed by atoms with Crippen molar-refractivity contribution in [1.29, 1.82) is 0 Å². The molecule has 1 rings (SSSR count). The van der Waals surface area contributed by atoms with Crippen LogP contribution in [0.25, 0.3) is 0 Å². The predicted molar refractivity (Wildman–Crippen MR) is 42.9 cm³/mol. The van der Waals surface area contributed by atoms with Crippen LogP contribution < -0.4 is 3.13 Å². The van der Waals surface area contributed by atoms with Gasteiger partial charge in [-0.3, -0.25) is 0 Å². The molecule has 1 fully saturated rings. The first-order valence-corrected chi connectivity index (χ1v) is 5.86. The van der Waals surface area contributed by atoms with E-state index in [4.69, 9.17) is 5.11 Å². The molecule has 0 saturated carbocycles. The number of likely N-dealkylation sites (tertiary alicyclic amines) is 1. The Balaban J connectivity index is 2.49. The number of nitrogens with one attached hydrogen (secondary N) is 1. The molecule has 0 spiro atoms. The number of hydrogen-bond donors (Lipinski definition) is 2. The van der Waals surface area contributed by atoms with E-state index < -0.39 is 5.97 Å². The van der Waals surface area contributed by atoms with Gasteiger partial charge in [-0.2, -0.15) is 0 Å². The monoisotopic (exact) mass is 366 g/mol.